The Bertz CT molecular complexity index is 900. The van der Waals surface area contributed by atoms with Crippen molar-refractivity contribution in [2.75, 3.05) is 0 Å². The van der Waals surface area contributed by atoms with Gasteiger partial charge < -0.3 is 0 Å². The molecule has 0 heterocycles. The largest absolute Gasteiger partial charge is 0.265 e. The fourth-order valence-corrected chi connectivity index (χ4v) is 9.34. The minimum absolute atomic E-state index is 0. The van der Waals surface area contributed by atoms with Crippen molar-refractivity contribution in [3.05, 3.63) is 82.0 Å². The van der Waals surface area contributed by atoms with E-state index in [0.717, 1.165) is 0 Å². The third-order valence-corrected chi connectivity index (χ3v) is 12.2. The third kappa shape index (κ3) is 3.50. The van der Waals surface area contributed by atoms with Gasteiger partial charge in [0.15, 0.2) is 0 Å². The average molecular weight is 407 g/mol. The van der Waals surface area contributed by atoms with Gasteiger partial charge in [-0.25, -0.2) is 5.57 Å². The van der Waals surface area contributed by atoms with E-state index in [9.17, 15) is 0 Å². The summed E-state index contributed by atoms with van der Waals surface area (Å²) >= 11 is 0. The molecule has 2 heteroatoms. The zero-order chi connectivity index (χ0) is 19.3. The molecule has 0 fully saturated rings. The summed E-state index contributed by atoms with van der Waals surface area (Å²) in [6.45, 7) is 18.4. The Hall–Kier alpha value is -1.15. The molecule has 0 saturated heterocycles. The summed E-state index contributed by atoms with van der Waals surface area (Å²) in [5.41, 5.74) is 8.26. The molecule has 0 amide bonds. The van der Waals surface area contributed by atoms with Gasteiger partial charge in [-0.2, -0.15) is 11.1 Å². The fraction of sp³-hybridized carbons (Fsp3) is 0.360. The van der Waals surface area contributed by atoms with Crippen molar-refractivity contribution in [1.82, 2.24) is 0 Å². The molecule has 0 N–H and O–H groups in total. The van der Waals surface area contributed by atoms with Crippen molar-refractivity contribution in [1.29, 1.82) is 0 Å². The SMILES string of the molecule is CC1=[C-]C(C)([Si](C)(c2ccc(C)cc2)c2cc(C)cc(C)c2)C(C)=C1C.[Ti]. The molecule has 2 aromatic rings. The van der Waals surface area contributed by atoms with Crippen LogP contribution in [0, 0.1) is 26.8 Å². The summed E-state index contributed by atoms with van der Waals surface area (Å²) in [4.78, 5) is 0. The molecule has 0 nitrogen and oxygen atoms in total. The van der Waals surface area contributed by atoms with E-state index in [1.807, 2.05) is 0 Å². The minimum atomic E-state index is -2.12. The third-order valence-electron chi connectivity index (χ3n) is 6.74. The first-order chi connectivity index (χ1) is 12.1. The summed E-state index contributed by atoms with van der Waals surface area (Å²) < 4.78 is 0. The second kappa shape index (κ2) is 7.70. The second-order valence-corrected chi connectivity index (χ2v) is 12.9. The molecule has 3 rings (SSSR count). The molecule has 1 aliphatic carbocycles. The standard InChI is InChI=1S/C25H31Si.Ti/c1-17-9-11-23(12-10-17)26(8,24-14-18(2)13-19(3)15-24)25(7)16-20(4)21(5)22(25)6;/h9-15H,1-8H3;/q-1;. The molecule has 2 atom stereocenters. The number of rotatable bonds is 3. The molecule has 0 aliphatic heterocycles. The van der Waals surface area contributed by atoms with Gasteiger partial charge in [0, 0.05) is 21.7 Å². The molecule has 0 saturated carbocycles. The Morgan fingerprint density at radius 3 is 1.70 bits per heavy atom. The van der Waals surface area contributed by atoms with E-state index >= 15 is 0 Å². The molecule has 140 valence electrons. The van der Waals surface area contributed by atoms with Crippen molar-refractivity contribution >= 4 is 18.4 Å². The van der Waals surface area contributed by atoms with Crippen LogP contribution >= 0.6 is 0 Å². The predicted molar refractivity (Wildman–Crippen MR) is 117 cm³/mol. The number of hydrogen-bond acceptors (Lipinski definition) is 0. The van der Waals surface area contributed by atoms with E-state index in [1.54, 1.807) is 0 Å². The van der Waals surface area contributed by atoms with Crippen LogP contribution in [0.15, 0.2) is 59.2 Å². The van der Waals surface area contributed by atoms with Crippen molar-refractivity contribution in [3.8, 4) is 0 Å². The normalized spacial score (nSPS) is 21.6. The van der Waals surface area contributed by atoms with Gasteiger partial charge in [0.2, 0.25) is 0 Å². The van der Waals surface area contributed by atoms with Crippen LogP contribution in [0.25, 0.3) is 0 Å². The van der Waals surface area contributed by atoms with E-state index in [-0.39, 0.29) is 26.8 Å². The smallest absolute Gasteiger partial charge is 0.110 e. The maximum absolute atomic E-state index is 3.93. The van der Waals surface area contributed by atoms with Crippen molar-refractivity contribution < 1.29 is 21.7 Å². The van der Waals surface area contributed by atoms with E-state index in [4.69, 9.17) is 0 Å². The van der Waals surface area contributed by atoms with Gasteiger partial charge in [-0.05, 0) is 20.8 Å². The van der Waals surface area contributed by atoms with Gasteiger partial charge in [-0.15, -0.1) is 6.92 Å². The van der Waals surface area contributed by atoms with Crippen LogP contribution in [-0.2, 0) is 21.7 Å². The van der Waals surface area contributed by atoms with Crippen LogP contribution in [0.1, 0.15) is 44.4 Å². The molecule has 27 heavy (non-hydrogen) atoms. The van der Waals surface area contributed by atoms with Crippen LogP contribution < -0.4 is 10.4 Å². The van der Waals surface area contributed by atoms with Crippen molar-refractivity contribution in [3.63, 3.8) is 0 Å². The van der Waals surface area contributed by atoms with Gasteiger partial charge in [0.25, 0.3) is 0 Å². The Balaban J connectivity index is 0.00000261. The van der Waals surface area contributed by atoms with E-state index in [1.165, 1.54) is 43.8 Å². The number of benzene rings is 2. The Labute approximate surface area is 181 Å². The van der Waals surface area contributed by atoms with E-state index in [0.29, 0.717) is 0 Å². The minimum Gasteiger partial charge on any atom is -0.265 e. The molecule has 1 aliphatic rings. The number of allylic oxidation sites excluding steroid dienone is 4. The van der Waals surface area contributed by atoms with Crippen LogP contribution in [0.4, 0.5) is 0 Å². The molecule has 0 spiro atoms. The molecule has 2 aromatic carbocycles. The number of aryl methyl sites for hydroxylation is 3. The quantitative estimate of drug-likeness (QED) is 0.455. The molecule has 0 aromatic heterocycles. The van der Waals surface area contributed by atoms with E-state index < -0.39 is 8.07 Å². The zero-order valence-corrected chi connectivity index (χ0v) is 20.6. The molecule has 0 radical (unpaired) electrons. The van der Waals surface area contributed by atoms with Gasteiger partial charge in [0.05, 0.1) is 0 Å². The topological polar surface area (TPSA) is 0 Å². The first-order valence-corrected chi connectivity index (χ1v) is 12.1. The van der Waals surface area contributed by atoms with Crippen LogP contribution in [0.2, 0.25) is 11.6 Å². The molecule has 0 bridgehead atoms. The average Bonchev–Trinajstić information content (AvgIpc) is 2.78. The summed E-state index contributed by atoms with van der Waals surface area (Å²) in [5, 5.41) is 2.97. The maximum atomic E-state index is 3.93. The van der Waals surface area contributed by atoms with Crippen LogP contribution in [0.5, 0.6) is 0 Å². The summed E-state index contributed by atoms with van der Waals surface area (Å²) in [7, 11) is -2.12. The summed E-state index contributed by atoms with van der Waals surface area (Å²) in [6, 6.07) is 16.4. The predicted octanol–water partition coefficient (Wildman–Crippen LogP) is 5.66. The van der Waals surface area contributed by atoms with Crippen LogP contribution in [0.3, 0.4) is 0 Å². The summed E-state index contributed by atoms with van der Waals surface area (Å²) in [5.74, 6) is 0. The van der Waals surface area contributed by atoms with E-state index in [2.05, 4.69) is 104 Å². The van der Waals surface area contributed by atoms with Crippen molar-refractivity contribution in [2.45, 2.75) is 60.1 Å². The fourth-order valence-electron chi connectivity index (χ4n) is 4.61. The Morgan fingerprint density at radius 2 is 1.26 bits per heavy atom. The summed E-state index contributed by atoms with van der Waals surface area (Å²) in [6.07, 6.45) is 3.93. The zero-order valence-electron chi connectivity index (χ0n) is 18.0. The Kier molecular flexibility index (Phi) is 6.31. The molecular weight excluding hydrogens is 376 g/mol. The van der Waals surface area contributed by atoms with Gasteiger partial charge in [0.1, 0.15) is 8.07 Å². The van der Waals surface area contributed by atoms with Gasteiger partial charge in [-0.3, -0.25) is 6.08 Å². The number of hydrogen-bond donors (Lipinski definition) is 0. The maximum Gasteiger partial charge on any atom is 0.110 e. The first kappa shape index (κ1) is 22.1. The van der Waals surface area contributed by atoms with Crippen molar-refractivity contribution in [2.24, 2.45) is 0 Å². The van der Waals surface area contributed by atoms with Gasteiger partial charge in [-0.1, -0.05) is 102 Å². The van der Waals surface area contributed by atoms with Gasteiger partial charge >= 0.3 is 0 Å². The van der Waals surface area contributed by atoms with Crippen LogP contribution in [-0.4, -0.2) is 8.07 Å². The Morgan fingerprint density at radius 1 is 0.741 bits per heavy atom. The second-order valence-electron chi connectivity index (χ2n) is 8.49. The first-order valence-electron chi connectivity index (χ1n) is 9.55. The monoisotopic (exact) mass is 407 g/mol. The molecular formula is C25H31SiTi-. The molecule has 2 unspecified atom stereocenters.